The maximum atomic E-state index is 5.30. The SMILES string of the molecule is Cc1nccn1[C@H]1CCCN(C[C@H]2CO2)C1. The lowest BCUT2D eigenvalue weighted by Crippen LogP contribution is -2.38. The lowest BCUT2D eigenvalue weighted by molar-refractivity contribution is 0.163. The minimum absolute atomic E-state index is 0.516. The van der Waals surface area contributed by atoms with E-state index in [1.165, 1.54) is 19.4 Å². The fourth-order valence-corrected chi connectivity index (χ4v) is 2.66. The summed E-state index contributed by atoms with van der Waals surface area (Å²) in [6, 6.07) is 0.606. The van der Waals surface area contributed by atoms with Crippen LogP contribution in [0.4, 0.5) is 0 Å². The Morgan fingerprint density at radius 2 is 2.44 bits per heavy atom. The van der Waals surface area contributed by atoms with Gasteiger partial charge < -0.3 is 9.30 Å². The number of hydrogen-bond donors (Lipinski definition) is 0. The molecule has 0 saturated carbocycles. The summed E-state index contributed by atoms with van der Waals surface area (Å²) in [5.41, 5.74) is 0. The second-order valence-electron chi connectivity index (χ2n) is 4.89. The maximum absolute atomic E-state index is 5.30. The fourth-order valence-electron chi connectivity index (χ4n) is 2.66. The smallest absolute Gasteiger partial charge is 0.105 e. The Labute approximate surface area is 96.2 Å². The van der Waals surface area contributed by atoms with Crippen LogP contribution in [0.5, 0.6) is 0 Å². The lowest BCUT2D eigenvalue weighted by atomic mass is 10.1. The molecule has 2 aliphatic heterocycles. The Kier molecular flexibility index (Phi) is 2.69. The van der Waals surface area contributed by atoms with Gasteiger partial charge in [-0.05, 0) is 26.3 Å². The van der Waals surface area contributed by atoms with Gasteiger partial charge in [-0.15, -0.1) is 0 Å². The average Bonchev–Trinajstić information content (AvgIpc) is 2.99. The number of piperidine rings is 1. The zero-order valence-electron chi connectivity index (χ0n) is 9.80. The molecule has 1 aromatic heterocycles. The van der Waals surface area contributed by atoms with Crippen LogP contribution in [0, 0.1) is 6.92 Å². The predicted molar refractivity (Wildman–Crippen MR) is 61.4 cm³/mol. The quantitative estimate of drug-likeness (QED) is 0.720. The van der Waals surface area contributed by atoms with Crippen molar-refractivity contribution >= 4 is 0 Å². The molecule has 0 spiro atoms. The number of epoxide rings is 1. The van der Waals surface area contributed by atoms with E-state index in [2.05, 4.69) is 27.6 Å². The van der Waals surface area contributed by atoms with Gasteiger partial charge in [0.15, 0.2) is 0 Å². The van der Waals surface area contributed by atoms with E-state index in [1.54, 1.807) is 0 Å². The highest BCUT2D eigenvalue weighted by atomic mass is 16.6. The summed E-state index contributed by atoms with van der Waals surface area (Å²) in [4.78, 5) is 6.84. The molecule has 3 heterocycles. The van der Waals surface area contributed by atoms with Crippen molar-refractivity contribution in [3.05, 3.63) is 18.2 Å². The number of aromatic nitrogens is 2. The molecule has 0 aromatic carbocycles. The largest absolute Gasteiger partial charge is 0.372 e. The molecule has 0 unspecified atom stereocenters. The monoisotopic (exact) mass is 221 g/mol. The maximum Gasteiger partial charge on any atom is 0.105 e. The third-order valence-corrected chi connectivity index (χ3v) is 3.60. The van der Waals surface area contributed by atoms with E-state index >= 15 is 0 Å². The molecule has 2 atom stereocenters. The van der Waals surface area contributed by atoms with Gasteiger partial charge in [-0.2, -0.15) is 0 Å². The number of hydrogen-bond acceptors (Lipinski definition) is 3. The normalized spacial score (nSPS) is 30.6. The Bertz CT molecular complexity index is 359. The van der Waals surface area contributed by atoms with Crippen molar-refractivity contribution in [1.29, 1.82) is 0 Å². The molecular weight excluding hydrogens is 202 g/mol. The van der Waals surface area contributed by atoms with Crippen molar-refractivity contribution in [2.75, 3.05) is 26.2 Å². The molecule has 2 aliphatic rings. The van der Waals surface area contributed by atoms with E-state index in [1.807, 2.05) is 6.20 Å². The molecule has 4 heteroatoms. The second-order valence-corrected chi connectivity index (χ2v) is 4.89. The summed E-state index contributed by atoms with van der Waals surface area (Å²) < 4.78 is 7.62. The topological polar surface area (TPSA) is 33.6 Å². The third-order valence-electron chi connectivity index (χ3n) is 3.60. The molecule has 1 aromatic rings. The van der Waals surface area contributed by atoms with Gasteiger partial charge in [0.2, 0.25) is 0 Å². The highest BCUT2D eigenvalue weighted by molar-refractivity contribution is 4.94. The Hall–Kier alpha value is -0.870. The standard InChI is InChI=1S/C12H19N3O/c1-10-13-4-6-15(10)11-3-2-5-14(7-11)8-12-9-16-12/h4,6,11-12H,2-3,5,7-9H2,1H3/t11-,12-/m0/s1. The summed E-state index contributed by atoms with van der Waals surface area (Å²) in [7, 11) is 0. The van der Waals surface area contributed by atoms with Crippen LogP contribution in [-0.2, 0) is 4.74 Å². The van der Waals surface area contributed by atoms with E-state index in [0.29, 0.717) is 12.1 Å². The summed E-state index contributed by atoms with van der Waals surface area (Å²) in [6.07, 6.45) is 7.09. The predicted octanol–water partition coefficient (Wildman–Crippen LogP) is 1.23. The van der Waals surface area contributed by atoms with E-state index in [4.69, 9.17) is 4.74 Å². The summed E-state index contributed by atoms with van der Waals surface area (Å²) in [6.45, 7) is 6.54. The van der Waals surface area contributed by atoms with E-state index in [9.17, 15) is 0 Å². The van der Waals surface area contributed by atoms with Crippen LogP contribution in [0.25, 0.3) is 0 Å². The van der Waals surface area contributed by atoms with E-state index in [0.717, 1.165) is 25.5 Å². The lowest BCUT2D eigenvalue weighted by Gasteiger charge is -2.33. The minimum atomic E-state index is 0.516. The summed E-state index contributed by atoms with van der Waals surface area (Å²) in [5, 5.41) is 0. The first-order valence-electron chi connectivity index (χ1n) is 6.16. The van der Waals surface area contributed by atoms with Crippen molar-refractivity contribution < 1.29 is 4.74 Å². The number of ether oxygens (including phenoxy) is 1. The Morgan fingerprint density at radius 1 is 1.56 bits per heavy atom. The first-order chi connectivity index (χ1) is 7.83. The Balaban J connectivity index is 1.64. The van der Waals surface area contributed by atoms with Crippen molar-refractivity contribution in [2.45, 2.75) is 31.9 Å². The average molecular weight is 221 g/mol. The van der Waals surface area contributed by atoms with Gasteiger partial charge >= 0.3 is 0 Å². The van der Waals surface area contributed by atoms with Gasteiger partial charge in [-0.3, -0.25) is 4.90 Å². The van der Waals surface area contributed by atoms with Crippen LogP contribution >= 0.6 is 0 Å². The van der Waals surface area contributed by atoms with Crippen LogP contribution in [0.2, 0.25) is 0 Å². The van der Waals surface area contributed by atoms with Crippen LogP contribution in [0.3, 0.4) is 0 Å². The molecular formula is C12H19N3O. The van der Waals surface area contributed by atoms with Gasteiger partial charge in [0, 0.05) is 31.5 Å². The van der Waals surface area contributed by atoms with Crippen molar-refractivity contribution in [1.82, 2.24) is 14.5 Å². The highest BCUT2D eigenvalue weighted by Crippen LogP contribution is 2.24. The van der Waals surface area contributed by atoms with Crippen LogP contribution in [0.1, 0.15) is 24.7 Å². The molecule has 4 nitrogen and oxygen atoms in total. The molecule has 88 valence electrons. The molecule has 2 fully saturated rings. The third kappa shape index (κ3) is 2.13. The van der Waals surface area contributed by atoms with Crippen LogP contribution in [0.15, 0.2) is 12.4 Å². The first kappa shape index (κ1) is 10.3. The second kappa shape index (κ2) is 4.18. The first-order valence-corrected chi connectivity index (χ1v) is 6.16. The molecule has 3 rings (SSSR count). The molecule has 0 bridgehead atoms. The molecule has 0 aliphatic carbocycles. The van der Waals surface area contributed by atoms with Crippen molar-refractivity contribution in [3.63, 3.8) is 0 Å². The number of imidazole rings is 1. The molecule has 0 amide bonds. The van der Waals surface area contributed by atoms with Crippen LogP contribution < -0.4 is 0 Å². The summed E-state index contributed by atoms with van der Waals surface area (Å²) >= 11 is 0. The number of aryl methyl sites for hydroxylation is 1. The van der Waals surface area contributed by atoms with Gasteiger partial charge in [0.1, 0.15) is 5.82 Å². The number of nitrogens with zero attached hydrogens (tertiary/aromatic N) is 3. The molecule has 0 radical (unpaired) electrons. The molecule has 2 saturated heterocycles. The van der Waals surface area contributed by atoms with Crippen molar-refractivity contribution in [3.8, 4) is 0 Å². The molecule has 16 heavy (non-hydrogen) atoms. The Morgan fingerprint density at radius 3 is 3.12 bits per heavy atom. The fraction of sp³-hybridized carbons (Fsp3) is 0.750. The number of likely N-dealkylation sites (tertiary alicyclic amines) is 1. The minimum Gasteiger partial charge on any atom is -0.372 e. The van der Waals surface area contributed by atoms with Gasteiger partial charge in [0.25, 0.3) is 0 Å². The van der Waals surface area contributed by atoms with Crippen molar-refractivity contribution in [2.24, 2.45) is 0 Å². The van der Waals surface area contributed by atoms with Crippen LogP contribution in [-0.4, -0.2) is 46.8 Å². The molecule has 0 N–H and O–H groups in total. The highest BCUT2D eigenvalue weighted by Gasteiger charge is 2.29. The van der Waals surface area contributed by atoms with E-state index in [-0.39, 0.29) is 0 Å². The number of rotatable bonds is 3. The zero-order chi connectivity index (χ0) is 11.0. The van der Waals surface area contributed by atoms with E-state index < -0.39 is 0 Å². The zero-order valence-corrected chi connectivity index (χ0v) is 9.80. The van der Waals surface area contributed by atoms with Gasteiger partial charge in [-0.1, -0.05) is 0 Å². The van der Waals surface area contributed by atoms with Gasteiger partial charge in [-0.25, -0.2) is 4.98 Å². The van der Waals surface area contributed by atoms with Gasteiger partial charge in [0.05, 0.1) is 12.7 Å². The summed E-state index contributed by atoms with van der Waals surface area (Å²) in [5.74, 6) is 1.13.